The van der Waals surface area contributed by atoms with Gasteiger partial charge in [-0.15, -0.1) is 12.4 Å². The van der Waals surface area contributed by atoms with Gasteiger partial charge in [-0.25, -0.2) is 0 Å². The summed E-state index contributed by atoms with van der Waals surface area (Å²) in [7, 11) is 0. The SMILES string of the molecule is CCCCCCC.Cl.Oc1cnoc1. The van der Waals surface area contributed by atoms with E-state index in [0.29, 0.717) is 0 Å². The van der Waals surface area contributed by atoms with Crippen LogP contribution >= 0.6 is 12.4 Å². The molecule has 4 heteroatoms. The Kier molecular flexibility index (Phi) is 13.8. The van der Waals surface area contributed by atoms with E-state index in [9.17, 15) is 0 Å². The molecule has 0 bridgehead atoms. The molecule has 0 unspecified atom stereocenters. The lowest BCUT2D eigenvalue weighted by atomic mass is 10.2. The summed E-state index contributed by atoms with van der Waals surface area (Å²) in [5.41, 5.74) is 0. The predicted octanol–water partition coefficient (Wildman–Crippen LogP) is 3.78. The van der Waals surface area contributed by atoms with Crippen LogP contribution in [0.5, 0.6) is 5.75 Å². The number of halogens is 1. The predicted molar refractivity (Wildman–Crippen MR) is 59.8 cm³/mol. The average Bonchev–Trinajstić information content (AvgIpc) is 2.58. The Morgan fingerprint density at radius 2 is 1.79 bits per heavy atom. The van der Waals surface area contributed by atoms with Crippen LogP contribution in [0.25, 0.3) is 0 Å². The first-order valence-corrected chi connectivity index (χ1v) is 4.89. The molecule has 1 aromatic rings. The molecule has 1 N–H and O–H groups in total. The maximum Gasteiger partial charge on any atom is 0.175 e. The van der Waals surface area contributed by atoms with Gasteiger partial charge in [0.25, 0.3) is 0 Å². The maximum absolute atomic E-state index is 8.32. The Hall–Kier alpha value is -0.700. The van der Waals surface area contributed by atoms with Crippen LogP contribution in [0, 0.1) is 0 Å². The first-order chi connectivity index (χ1) is 6.31. The smallest absolute Gasteiger partial charge is 0.175 e. The van der Waals surface area contributed by atoms with Crippen LogP contribution in [0.2, 0.25) is 0 Å². The van der Waals surface area contributed by atoms with Crippen LogP contribution in [0.3, 0.4) is 0 Å². The molecule has 1 heterocycles. The third kappa shape index (κ3) is 11.3. The van der Waals surface area contributed by atoms with E-state index in [-0.39, 0.29) is 18.2 Å². The quantitative estimate of drug-likeness (QED) is 0.788. The van der Waals surface area contributed by atoms with Gasteiger partial charge < -0.3 is 9.63 Å². The van der Waals surface area contributed by atoms with E-state index in [1.807, 2.05) is 0 Å². The fourth-order valence-corrected chi connectivity index (χ4v) is 0.876. The number of aromatic hydroxyl groups is 1. The second-order valence-electron chi connectivity index (χ2n) is 2.94. The zero-order chi connectivity index (χ0) is 9.94. The molecule has 84 valence electrons. The summed E-state index contributed by atoms with van der Waals surface area (Å²) in [5, 5.41) is 11.5. The molecule has 0 aromatic carbocycles. The molecular weight excluding hydrogens is 202 g/mol. The van der Waals surface area contributed by atoms with Crippen molar-refractivity contribution in [2.45, 2.75) is 46.0 Å². The van der Waals surface area contributed by atoms with E-state index in [1.54, 1.807) is 0 Å². The van der Waals surface area contributed by atoms with Crippen molar-refractivity contribution >= 4 is 12.4 Å². The van der Waals surface area contributed by atoms with Gasteiger partial charge in [-0.3, -0.25) is 0 Å². The van der Waals surface area contributed by atoms with Gasteiger partial charge in [-0.1, -0.05) is 51.1 Å². The monoisotopic (exact) mass is 221 g/mol. The fraction of sp³-hybridized carbons (Fsp3) is 0.700. The molecule has 3 nitrogen and oxygen atoms in total. The topological polar surface area (TPSA) is 46.3 Å². The van der Waals surface area contributed by atoms with Gasteiger partial charge in [0, 0.05) is 0 Å². The summed E-state index contributed by atoms with van der Waals surface area (Å²) in [6.07, 6.45) is 9.38. The largest absolute Gasteiger partial charge is 0.503 e. The molecule has 0 saturated carbocycles. The first kappa shape index (κ1) is 15.8. The second-order valence-corrected chi connectivity index (χ2v) is 2.94. The van der Waals surface area contributed by atoms with Crippen LogP contribution in [-0.2, 0) is 0 Å². The summed E-state index contributed by atoms with van der Waals surface area (Å²) >= 11 is 0. The lowest BCUT2D eigenvalue weighted by molar-refractivity contribution is 0.407. The normalized spacial score (nSPS) is 8.43. The summed E-state index contributed by atoms with van der Waals surface area (Å²) in [6.45, 7) is 4.49. The molecule has 0 spiro atoms. The molecule has 1 aromatic heterocycles. The highest BCUT2D eigenvalue weighted by molar-refractivity contribution is 5.85. The molecule has 1 rings (SSSR count). The van der Waals surface area contributed by atoms with Crippen molar-refractivity contribution in [3.05, 3.63) is 12.5 Å². The number of hydrogen-bond acceptors (Lipinski definition) is 3. The number of rotatable bonds is 4. The molecule has 0 aliphatic carbocycles. The summed E-state index contributed by atoms with van der Waals surface area (Å²) < 4.78 is 4.21. The molecule has 0 aliphatic heterocycles. The van der Waals surface area contributed by atoms with Crippen molar-refractivity contribution in [3.8, 4) is 5.75 Å². The Morgan fingerprint density at radius 3 is 2.00 bits per heavy atom. The maximum atomic E-state index is 8.32. The molecule has 0 radical (unpaired) electrons. The zero-order valence-corrected chi connectivity index (χ0v) is 9.72. The van der Waals surface area contributed by atoms with Crippen molar-refractivity contribution < 1.29 is 9.63 Å². The second kappa shape index (κ2) is 12.3. The van der Waals surface area contributed by atoms with E-state index in [2.05, 4.69) is 23.5 Å². The van der Waals surface area contributed by atoms with Crippen LogP contribution in [0.15, 0.2) is 17.0 Å². The van der Waals surface area contributed by atoms with Crippen LogP contribution in [0.4, 0.5) is 0 Å². The van der Waals surface area contributed by atoms with Gasteiger partial charge in [0.1, 0.15) is 6.20 Å². The number of aromatic nitrogens is 1. The van der Waals surface area contributed by atoms with Gasteiger partial charge in [0.05, 0.1) is 0 Å². The summed E-state index contributed by atoms with van der Waals surface area (Å²) in [5.74, 6) is 0.0648. The third-order valence-electron chi connectivity index (χ3n) is 1.63. The van der Waals surface area contributed by atoms with Gasteiger partial charge in [-0.05, 0) is 0 Å². The van der Waals surface area contributed by atoms with E-state index >= 15 is 0 Å². The lowest BCUT2D eigenvalue weighted by Gasteiger charge is -1.90. The minimum Gasteiger partial charge on any atom is -0.503 e. The highest BCUT2D eigenvalue weighted by Gasteiger charge is 1.81. The lowest BCUT2D eigenvalue weighted by Crippen LogP contribution is -1.70. The highest BCUT2D eigenvalue weighted by Crippen LogP contribution is 2.01. The van der Waals surface area contributed by atoms with E-state index in [1.165, 1.54) is 38.3 Å². The van der Waals surface area contributed by atoms with Gasteiger partial charge >= 0.3 is 0 Å². The number of hydrogen-bond donors (Lipinski definition) is 1. The van der Waals surface area contributed by atoms with Crippen molar-refractivity contribution in [3.63, 3.8) is 0 Å². The fourth-order valence-electron chi connectivity index (χ4n) is 0.876. The van der Waals surface area contributed by atoms with Gasteiger partial charge in [0.15, 0.2) is 12.0 Å². The Balaban J connectivity index is 0. The van der Waals surface area contributed by atoms with E-state index < -0.39 is 0 Å². The minimum absolute atomic E-state index is 0. The van der Waals surface area contributed by atoms with Crippen LogP contribution in [0.1, 0.15) is 46.0 Å². The van der Waals surface area contributed by atoms with Crippen molar-refractivity contribution in [1.82, 2.24) is 5.16 Å². The minimum atomic E-state index is 0. The molecule has 0 fully saturated rings. The molecule has 0 aliphatic rings. The van der Waals surface area contributed by atoms with Gasteiger partial charge in [-0.2, -0.15) is 0 Å². The van der Waals surface area contributed by atoms with Crippen molar-refractivity contribution in [2.24, 2.45) is 0 Å². The summed E-state index contributed by atoms with van der Waals surface area (Å²) in [6, 6.07) is 0. The van der Waals surface area contributed by atoms with E-state index in [4.69, 9.17) is 5.11 Å². The van der Waals surface area contributed by atoms with Crippen molar-refractivity contribution in [1.29, 1.82) is 0 Å². The van der Waals surface area contributed by atoms with Gasteiger partial charge in [0.2, 0.25) is 0 Å². The number of unbranched alkanes of at least 4 members (excludes halogenated alkanes) is 4. The molecule has 0 amide bonds. The van der Waals surface area contributed by atoms with Crippen molar-refractivity contribution in [2.75, 3.05) is 0 Å². The molecular formula is C10H20ClNO2. The molecule has 14 heavy (non-hydrogen) atoms. The van der Waals surface area contributed by atoms with Crippen LogP contribution < -0.4 is 0 Å². The molecule has 0 saturated heterocycles. The number of nitrogens with zero attached hydrogens (tertiary/aromatic N) is 1. The average molecular weight is 222 g/mol. The first-order valence-electron chi connectivity index (χ1n) is 4.89. The Labute approximate surface area is 91.9 Å². The third-order valence-corrected chi connectivity index (χ3v) is 1.63. The van der Waals surface area contributed by atoms with E-state index in [0.717, 1.165) is 6.26 Å². The molecule has 0 atom stereocenters. The van der Waals surface area contributed by atoms with Crippen LogP contribution in [-0.4, -0.2) is 10.3 Å². The highest BCUT2D eigenvalue weighted by atomic mass is 35.5. The Morgan fingerprint density at radius 1 is 1.21 bits per heavy atom. The zero-order valence-electron chi connectivity index (χ0n) is 8.90. The standard InChI is InChI=1S/C7H16.C3H3NO2.ClH/c1-3-5-7-6-4-2;5-3-1-4-6-2-3;/h3-7H2,1-2H3;1-2,5H;1H. The summed E-state index contributed by atoms with van der Waals surface area (Å²) in [4.78, 5) is 0. The Bertz CT molecular complexity index is 174.